The smallest absolute Gasteiger partial charge is 0.293 e. The Morgan fingerprint density at radius 1 is 1.21 bits per heavy atom. The van der Waals surface area contributed by atoms with E-state index < -0.39 is 15.9 Å². The van der Waals surface area contributed by atoms with Crippen LogP contribution in [0.4, 0.5) is 10.8 Å². The first-order valence-electron chi connectivity index (χ1n) is 8.42. The van der Waals surface area contributed by atoms with E-state index in [0.29, 0.717) is 22.0 Å². The van der Waals surface area contributed by atoms with Gasteiger partial charge in [-0.2, -0.15) is 8.42 Å². The number of anilines is 2. The molecule has 0 aliphatic rings. The summed E-state index contributed by atoms with van der Waals surface area (Å²) in [6.07, 6.45) is 0. The van der Waals surface area contributed by atoms with Crippen LogP contribution in [0.15, 0.2) is 52.9 Å². The maximum Gasteiger partial charge on any atom is 0.293 e. The number of halogens is 1. The van der Waals surface area contributed by atoms with Crippen molar-refractivity contribution in [2.75, 3.05) is 23.3 Å². The molecule has 0 spiro atoms. The van der Waals surface area contributed by atoms with Crippen LogP contribution in [0.5, 0.6) is 5.75 Å². The highest BCUT2D eigenvalue weighted by Gasteiger charge is 2.28. The van der Waals surface area contributed by atoms with E-state index >= 15 is 0 Å². The Kier molecular flexibility index (Phi) is 6.36. The molecule has 0 aliphatic carbocycles. The van der Waals surface area contributed by atoms with Crippen LogP contribution < -0.4 is 14.4 Å². The fourth-order valence-corrected chi connectivity index (χ4v) is 5.16. The van der Waals surface area contributed by atoms with E-state index in [2.05, 4.69) is 15.5 Å². The molecule has 0 saturated heterocycles. The molecule has 152 valence electrons. The second kappa shape index (κ2) is 8.76. The van der Waals surface area contributed by atoms with Crippen molar-refractivity contribution in [1.29, 1.82) is 0 Å². The van der Waals surface area contributed by atoms with Crippen LogP contribution in [0.2, 0.25) is 5.02 Å². The van der Waals surface area contributed by atoms with E-state index in [1.165, 1.54) is 17.5 Å². The van der Waals surface area contributed by atoms with Crippen LogP contribution in [0.3, 0.4) is 0 Å². The molecule has 0 bridgehead atoms. The van der Waals surface area contributed by atoms with E-state index in [-0.39, 0.29) is 16.0 Å². The van der Waals surface area contributed by atoms with Crippen molar-refractivity contribution >= 4 is 49.7 Å². The number of carbonyl (C=O) groups excluding carboxylic acids is 1. The second-order valence-electron chi connectivity index (χ2n) is 5.71. The van der Waals surface area contributed by atoms with E-state index in [1.807, 2.05) is 0 Å². The monoisotopic (exact) mass is 452 g/mol. The molecule has 0 aliphatic heterocycles. The van der Waals surface area contributed by atoms with Crippen LogP contribution in [0, 0.1) is 0 Å². The van der Waals surface area contributed by atoms with Crippen molar-refractivity contribution in [3.05, 3.63) is 59.1 Å². The van der Waals surface area contributed by atoms with Gasteiger partial charge in [0.2, 0.25) is 5.13 Å². The summed E-state index contributed by atoms with van der Waals surface area (Å²) in [6.45, 7) is 1.91. The van der Waals surface area contributed by atoms with E-state index in [1.54, 1.807) is 49.4 Å². The Balaban J connectivity index is 1.82. The lowest BCUT2D eigenvalue weighted by molar-refractivity contribution is 0.102. The summed E-state index contributed by atoms with van der Waals surface area (Å²) in [6, 6.07) is 13.0. The summed E-state index contributed by atoms with van der Waals surface area (Å²) in [5.74, 6) is 0.152. The topological polar surface area (TPSA) is 101 Å². The van der Waals surface area contributed by atoms with Gasteiger partial charge < -0.3 is 4.74 Å². The molecule has 2 aromatic carbocycles. The number of nitrogens with one attached hydrogen (secondary N) is 1. The molecule has 11 heteroatoms. The first-order valence-corrected chi connectivity index (χ1v) is 11.1. The van der Waals surface area contributed by atoms with E-state index in [9.17, 15) is 13.2 Å². The van der Waals surface area contributed by atoms with Crippen LogP contribution >= 0.6 is 22.9 Å². The number of sulfonamides is 1. The van der Waals surface area contributed by atoms with Gasteiger partial charge in [-0.15, -0.1) is 10.2 Å². The van der Waals surface area contributed by atoms with Gasteiger partial charge >= 0.3 is 0 Å². The lowest BCUT2D eigenvalue weighted by Gasteiger charge is -2.21. The molecule has 1 amide bonds. The lowest BCUT2D eigenvalue weighted by Crippen LogP contribution is -2.30. The molecule has 0 unspecified atom stereocenters. The Labute approximate surface area is 177 Å². The standard InChI is InChI=1S/C18H17ClN4O4S2/c1-3-23(14-7-9-15(27-2)10-8-14)29(25,26)18-22-21-17(28-18)20-16(24)12-5-4-6-13(19)11-12/h4-11H,3H2,1-2H3,(H,20,21,24). The van der Waals surface area contributed by atoms with Gasteiger partial charge in [-0.1, -0.05) is 29.0 Å². The molecular weight excluding hydrogens is 436 g/mol. The highest BCUT2D eigenvalue weighted by atomic mass is 35.5. The van der Waals surface area contributed by atoms with Gasteiger partial charge in [-0.3, -0.25) is 14.4 Å². The number of methoxy groups -OCH3 is 1. The van der Waals surface area contributed by atoms with Crippen LogP contribution in [0.25, 0.3) is 0 Å². The predicted molar refractivity (Wildman–Crippen MR) is 113 cm³/mol. The fourth-order valence-electron chi connectivity index (χ4n) is 2.50. The molecule has 8 nitrogen and oxygen atoms in total. The Hall–Kier alpha value is -2.69. The largest absolute Gasteiger partial charge is 0.497 e. The SMILES string of the molecule is CCN(c1ccc(OC)cc1)S(=O)(=O)c1nnc(NC(=O)c2cccc(Cl)c2)s1. The number of carbonyl (C=O) groups is 1. The minimum atomic E-state index is -3.95. The zero-order valence-corrected chi connectivity index (χ0v) is 17.9. The minimum absolute atomic E-state index is 0.0688. The predicted octanol–water partition coefficient (Wildman–Crippen LogP) is 3.67. The third-order valence-corrected chi connectivity index (χ3v) is 7.19. The number of hydrogen-bond donors (Lipinski definition) is 1. The molecule has 0 radical (unpaired) electrons. The molecule has 0 saturated carbocycles. The Morgan fingerprint density at radius 2 is 1.93 bits per heavy atom. The highest BCUT2D eigenvalue weighted by Crippen LogP contribution is 2.28. The van der Waals surface area contributed by atoms with E-state index in [4.69, 9.17) is 16.3 Å². The number of rotatable bonds is 7. The quantitative estimate of drug-likeness (QED) is 0.549. The summed E-state index contributed by atoms with van der Waals surface area (Å²) < 4.78 is 32.1. The van der Waals surface area contributed by atoms with Crippen LogP contribution in [-0.2, 0) is 10.0 Å². The average molecular weight is 453 g/mol. The van der Waals surface area contributed by atoms with Gasteiger partial charge in [0.15, 0.2) is 0 Å². The minimum Gasteiger partial charge on any atom is -0.497 e. The van der Waals surface area contributed by atoms with E-state index in [0.717, 1.165) is 11.3 Å². The van der Waals surface area contributed by atoms with Crippen molar-refractivity contribution < 1.29 is 17.9 Å². The maximum atomic E-state index is 13.0. The number of nitrogens with zero attached hydrogens (tertiary/aromatic N) is 3. The number of benzene rings is 2. The van der Waals surface area contributed by atoms with Crippen molar-refractivity contribution in [3.63, 3.8) is 0 Å². The highest BCUT2D eigenvalue weighted by molar-refractivity contribution is 7.94. The molecule has 1 N–H and O–H groups in total. The molecule has 1 aromatic heterocycles. The van der Waals surface area contributed by atoms with Crippen molar-refractivity contribution in [2.24, 2.45) is 0 Å². The van der Waals surface area contributed by atoms with Gasteiger partial charge in [0.25, 0.3) is 20.3 Å². The van der Waals surface area contributed by atoms with Gasteiger partial charge in [0.05, 0.1) is 12.8 Å². The summed E-state index contributed by atoms with van der Waals surface area (Å²) in [5.41, 5.74) is 0.790. The third kappa shape index (κ3) is 4.66. The molecule has 0 atom stereocenters. The maximum absolute atomic E-state index is 13.0. The van der Waals surface area contributed by atoms with Gasteiger partial charge in [0.1, 0.15) is 5.75 Å². The third-order valence-electron chi connectivity index (χ3n) is 3.87. The van der Waals surface area contributed by atoms with Gasteiger partial charge in [-0.25, -0.2) is 0 Å². The number of aromatic nitrogens is 2. The van der Waals surface area contributed by atoms with Gasteiger partial charge in [0, 0.05) is 17.1 Å². The normalized spacial score (nSPS) is 11.1. The lowest BCUT2D eigenvalue weighted by atomic mass is 10.2. The first-order chi connectivity index (χ1) is 13.8. The Morgan fingerprint density at radius 3 is 2.55 bits per heavy atom. The van der Waals surface area contributed by atoms with Gasteiger partial charge in [-0.05, 0) is 49.4 Å². The second-order valence-corrected chi connectivity index (χ2v) is 9.16. The summed E-state index contributed by atoms with van der Waals surface area (Å²) >= 11 is 6.66. The van der Waals surface area contributed by atoms with Crippen LogP contribution in [-0.4, -0.2) is 38.2 Å². The van der Waals surface area contributed by atoms with Crippen molar-refractivity contribution in [1.82, 2.24) is 10.2 Å². The van der Waals surface area contributed by atoms with Crippen LogP contribution in [0.1, 0.15) is 17.3 Å². The zero-order valence-electron chi connectivity index (χ0n) is 15.5. The van der Waals surface area contributed by atoms with Crippen molar-refractivity contribution in [2.45, 2.75) is 11.3 Å². The molecule has 1 heterocycles. The molecule has 29 heavy (non-hydrogen) atoms. The fraction of sp³-hybridized carbons (Fsp3) is 0.167. The molecule has 3 aromatic rings. The molecule has 0 fully saturated rings. The summed E-state index contributed by atoms with van der Waals surface area (Å²) in [5, 5.41) is 10.6. The first kappa shape index (κ1) is 21.0. The summed E-state index contributed by atoms with van der Waals surface area (Å²) in [7, 11) is -2.41. The number of hydrogen-bond acceptors (Lipinski definition) is 7. The number of amides is 1. The zero-order chi connectivity index (χ0) is 21.0. The Bertz CT molecular complexity index is 1120. The average Bonchev–Trinajstić information content (AvgIpc) is 3.18. The molecule has 3 rings (SSSR count). The number of ether oxygens (including phenoxy) is 1. The summed E-state index contributed by atoms with van der Waals surface area (Å²) in [4.78, 5) is 12.3. The van der Waals surface area contributed by atoms with Crippen molar-refractivity contribution in [3.8, 4) is 5.75 Å². The molecular formula is C18H17ClN4O4S2.